The smallest absolute Gasteiger partial charge is 0.182 e. The lowest BCUT2D eigenvalue weighted by atomic mass is 10.1. The summed E-state index contributed by atoms with van der Waals surface area (Å²) in [5.41, 5.74) is 4.62. The number of aromatic nitrogens is 4. The number of aryl methyl sites for hydroxylation is 1. The molecule has 1 aromatic carbocycles. The Kier molecular flexibility index (Phi) is 2.98. The van der Waals surface area contributed by atoms with Gasteiger partial charge in [-0.15, -0.1) is 16.4 Å². The molecule has 0 unspecified atom stereocenters. The fourth-order valence-corrected chi connectivity index (χ4v) is 4.61. The molecule has 6 heteroatoms. The summed E-state index contributed by atoms with van der Waals surface area (Å²) in [5, 5.41) is 5.83. The fourth-order valence-electron chi connectivity index (χ4n) is 3.34. The molecule has 0 N–H and O–H groups in total. The van der Waals surface area contributed by atoms with Gasteiger partial charge in [-0.05, 0) is 26.0 Å². The predicted octanol–water partition coefficient (Wildman–Crippen LogP) is 3.30. The number of fused-ring (bicyclic) bond motifs is 5. The molecule has 0 atom stereocenters. The number of hydrogen-bond donors (Lipinski definition) is 0. The maximum absolute atomic E-state index is 4.85. The Balaban J connectivity index is 1.74. The van der Waals surface area contributed by atoms with E-state index in [0.29, 0.717) is 0 Å². The summed E-state index contributed by atoms with van der Waals surface area (Å²) in [6.45, 7) is 4.17. The van der Waals surface area contributed by atoms with Crippen molar-refractivity contribution in [1.29, 1.82) is 0 Å². The van der Waals surface area contributed by atoms with E-state index >= 15 is 0 Å². The molecular formula is C18H17N5S. The van der Waals surface area contributed by atoms with Crippen molar-refractivity contribution in [3.05, 3.63) is 46.6 Å². The van der Waals surface area contributed by atoms with Gasteiger partial charge in [0.2, 0.25) is 0 Å². The van der Waals surface area contributed by atoms with Gasteiger partial charge in [-0.1, -0.05) is 29.8 Å². The molecule has 0 amide bonds. The number of benzene rings is 1. The van der Waals surface area contributed by atoms with Gasteiger partial charge < -0.3 is 4.90 Å². The topological polar surface area (TPSA) is 46.3 Å². The standard InChI is InChI=1S/C18H17N5S/c1-11-3-5-12(6-4-11)16-20-17-15-13-7-8-22(2)9-14(13)24-18(15)19-10-23(17)21-16/h3-6,10H,7-9H2,1-2H3. The van der Waals surface area contributed by atoms with Crippen molar-refractivity contribution in [3.8, 4) is 11.4 Å². The molecule has 4 aromatic rings. The molecule has 0 fully saturated rings. The van der Waals surface area contributed by atoms with Gasteiger partial charge in [0.15, 0.2) is 11.5 Å². The summed E-state index contributed by atoms with van der Waals surface area (Å²) in [4.78, 5) is 14.3. The van der Waals surface area contributed by atoms with Crippen LogP contribution in [0.2, 0.25) is 0 Å². The second-order valence-electron chi connectivity index (χ2n) is 6.49. The molecule has 3 aromatic heterocycles. The quantitative estimate of drug-likeness (QED) is 0.535. The van der Waals surface area contributed by atoms with Crippen LogP contribution in [-0.2, 0) is 13.0 Å². The Morgan fingerprint density at radius 2 is 2.00 bits per heavy atom. The van der Waals surface area contributed by atoms with Crippen LogP contribution in [0.4, 0.5) is 0 Å². The van der Waals surface area contributed by atoms with Crippen LogP contribution in [0.5, 0.6) is 0 Å². The Morgan fingerprint density at radius 3 is 2.83 bits per heavy atom. The first-order valence-corrected chi connectivity index (χ1v) is 8.92. The van der Waals surface area contributed by atoms with Crippen LogP contribution in [0.25, 0.3) is 27.3 Å². The van der Waals surface area contributed by atoms with E-state index in [1.165, 1.54) is 21.4 Å². The van der Waals surface area contributed by atoms with Crippen molar-refractivity contribution < 1.29 is 0 Å². The summed E-state index contributed by atoms with van der Waals surface area (Å²) in [6.07, 6.45) is 2.84. The average molecular weight is 335 g/mol. The molecule has 1 aliphatic rings. The monoisotopic (exact) mass is 335 g/mol. The number of rotatable bonds is 1. The highest BCUT2D eigenvalue weighted by Gasteiger charge is 2.22. The summed E-state index contributed by atoms with van der Waals surface area (Å²) >= 11 is 1.79. The van der Waals surface area contributed by atoms with Gasteiger partial charge in [-0.3, -0.25) is 0 Å². The van der Waals surface area contributed by atoms with Crippen molar-refractivity contribution >= 4 is 27.2 Å². The molecule has 0 spiro atoms. The third-order valence-electron chi connectivity index (χ3n) is 4.68. The Hall–Kier alpha value is -2.31. The minimum absolute atomic E-state index is 0.761. The van der Waals surface area contributed by atoms with E-state index in [1.807, 2.05) is 4.52 Å². The molecule has 1 aliphatic heterocycles. The van der Waals surface area contributed by atoms with Gasteiger partial charge in [-0.25, -0.2) is 14.5 Å². The molecule has 5 nitrogen and oxygen atoms in total. The molecule has 24 heavy (non-hydrogen) atoms. The van der Waals surface area contributed by atoms with E-state index in [2.05, 4.69) is 53.2 Å². The summed E-state index contributed by atoms with van der Waals surface area (Å²) < 4.78 is 1.82. The Labute approximate surface area is 143 Å². The van der Waals surface area contributed by atoms with E-state index < -0.39 is 0 Å². The maximum Gasteiger partial charge on any atom is 0.182 e. The minimum atomic E-state index is 0.761. The number of thiophene rings is 1. The molecule has 5 rings (SSSR count). The Morgan fingerprint density at radius 1 is 1.17 bits per heavy atom. The van der Waals surface area contributed by atoms with Gasteiger partial charge in [0, 0.05) is 23.5 Å². The molecule has 0 saturated heterocycles. The van der Waals surface area contributed by atoms with Crippen LogP contribution >= 0.6 is 11.3 Å². The maximum atomic E-state index is 4.85. The summed E-state index contributed by atoms with van der Waals surface area (Å²) in [5.74, 6) is 0.761. The lowest BCUT2D eigenvalue weighted by Crippen LogP contribution is -2.25. The predicted molar refractivity (Wildman–Crippen MR) is 96.4 cm³/mol. The number of hydrogen-bond acceptors (Lipinski definition) is 5. The van der Waals surface area contributed by atoms with E-state index in [-0.39, 0.29) is 0 Å². The van der Waals surface area contributed by atoms with Crippen LogP contribution in [-0.4, -0.2) is 38.1 Å². The first-order chi connectivity index (χ1) is 11.7. The second kappa shape index (κ2) is 5.09. The lowest BCUT2D eigenvalue weighted by molar-refractivity contribution is 0.318. The normalized spacial score (nSPS) is 15.2. The molecule has 120 valence electrons. The largest absolute Gasteiger partial charge is 0.301 e. The SMILES string of the molecule is Cc1ccc(-c2nc3c4c5c(sc4ncn3n2)CN(C)CC5)cc1. The highest BCUT2D eigenvalue weighted by Crippen LogP contribution is 2.36. The zero-order chi connectivity index (χ0) is 16.3. The molecule has 4 heterocycles. The van der Waals surface area contributed by atoms with E-state index in [0.717, 1.165) is 41.4 Å². The lowest BCUT2D eigenvalue weighted by Gasteiger charge is -2.21. The summed E-state index contributed by atoms with van der Waals surface area (Å²) in [6, 6.07) is 8.34. The van der Waals surface area contributed by atoms with Gasteiger partial charge >= 0.3 is 0 Å². The second-order valence-corrected chi connectivity index (χ2v) is 7.57. The Bertz CT molecular complexity index is 1060. The number of likely N-dealkylation sites (N-methyl/N-ethyl adjacent to an activating group) is 1. The van der Waals surface area contributed by atoms with Crippen molar-refractivity contribution in [2.45, 2.75) is 19.9 Å². The minimum Gasteiger partial charge on any atom is -0.301 e. The first kappa shape index (κ1) is 14.1. The van der Waals surface area contributed by atoms with Crippen LogP contribution in [0, 0.1) is 6.92 Å². The van der Waals surface area contributed by atoms with Gasteiger partial charge in [0.1, 0.15) is 11.2 Å². The van der Waals surface area contributed by atoms with Crippen molar-refractivity contribution in [3.63, 3.8) is 0 Å². The number of nitrogens with zero attached hydrogens (tertiary/aromatic N) is 5. The zero-order valence-electron chi connectivity index (χ0n) is 13.7. The summed E-state index contributed by atoms with van der Waals surface area (Å²) in [7, 11) is 2.17. The third-order valence-corrected chi connectivity index (χ3v) is 5.80. The van der Waals surface area contributed by atoms with Crippen LogP contribution in [0.3, 0.4) is 0 Å². The van der Waals surface area contributed by atoms with E-state index in [9.17, 15) is 0 Å². The molecule has 0 radical (unpaired) electrons. The van der Waals surface area contributed by atoms with E-state index in [1.54, 1.807) is 17.7 Å². The fraction of sp³-hybridized carbons (Fsp3) is 0.278. The van der Waals surface area contributed by atoms with E-state index in [4.69, 9.17) is 4.98 Å². The molecular weight excluding hydrogens is 318 g/mol. The van der Waals surface area contributed by atoms with Crippen molar-refractivity contribution in [2.75, 3.05) is 13.6 Å². The van der Waals surface area contributed by atoms with Crippen LogP contribution < -0.4 is 0 Å². The average Bonchev–Trinajstić information content (AvgIpc) is 3.15. The van der Waals surface area contributed by atoms with Crippen LogP contribution in [0.1, 0.15) is 16.0 Å². The zero-order valence-corrected chi connectivity index (χ0v) is 14.5. The van der Waals surface area contributed by atoms with Crippen molar-refractivity contribution in [2.24, 2.45) is 0 Å². The molecule has 0 saturated carbocycles. The van der Waals surface area contributed by atoms with Crippen molar-refractivity contribution in [1.82, 2.24) is 24.5 Å². The van der Waals surface area contributed by atoms with Gasteiger partial charge in [-0.2, -0.15) is 0 Å². The molecule has 0 aliphatic carbocycles. The van der Waals surface area contributed by atoms with Gasteiger partial charge in [0.25, 0.3) is 0 Å². The molecule has 0 bridgehead atoms. The highest BCUT2D eigenvalue weighted by molar-refractivity contribution is 7.19. The van der Waals surface area contributed by atoms with Gasteiger partial charge in [0.05, 0.1) is 5.39 Å². The highest BCUT2D eigenvalue weighted by atomic mass is 32.1. The third kappa shape index (κ3) is 2.07. The first-order valence-electron chi connectivity index (χ1n) is 8.10. The van der Waals surface area contributed by atoms with Crippen LogP contribution in [0.15, 0.2) is 30.6 Å².